The van der Waals surface area contributed by atoms with E-state index in [1.54, 1.807) is 0 Å². The minimum atomic E-state index is -2.13. The van der Waals surface area contributed by atoms with Crippen molar-refractivity contribution in [3.63, 3.8) is 0 Å². The van der Waals surface area contributed by atoms with E-state index in [4.69, 9.17) is 0 Å². The summed E-state index contributed by atoms with van der Waals surface area (Å²) in [6.45, 7) is 1.36. The highest BCUT2D eigenvalue weighted by molar-refractivity contribution is 6.99. The van der Waals surface area contributed by atoms with Gasteiger partial charge in [0.1, 0.15) is 11.3 Å². The Kier molecular flexibility index (Phi) is 5.80. The van der Waals surface area contributed by atoms with Gasteiger partial charge in [-0.25, -0.2) is 27.3 Å². The third kappa shape index (κ3) is 3.99. The average Bonchev–Trinajstić information content (AvgIpc) is 3.10. The normalized spacial score (nSPS) is 12.4. The molecule has 2 aromatic rings. The second-order valence-electron chi connectivity index (χ2n) is 4.35. The van der Waals surface area contributed by atoms with Gasteiger partial charge in [0, 0.05) is 6.21 Å². The topological polar surface area (TPSA) is 84.7 Å². The van der Waals surface area contributed by atoms with E-state index in [2.05, 4.69) is 18.5 Å². The largest absolute Gasteiger partial charge is 0.506 e. The molecule has 1 heterocycles. The minimum absolute atomic E-state index is 0.0662. The molecule has 2 rings (SSSR count). The fraction of sp³-hybridized carbons (Fsp3) is 0.143. The molecule has 132 valence electrons. The number of aliphatic imine (C=N–C) groups is 1. The lowest BCUT2D eigenvalue weighted by Gasteiger charge is -2.09. The van der Waals surface area contributed by atoms with E-state index < -0.39 is 46.1 Å². The number of carbonyl (C=O) groups excluding carboxylic acids is 1. The molecule has 0 bridgehead atoms. The van der Waals surface area contributed by atoms with Gasteiger partial charge < -0.3 is 9.84 Å². The van der Waals surface area contributed by atoms with Crippen LogP contribution in [0.2, 0.25) is 0 Å². The summed E-state index contributed by atoms with van der Waals surface area (Å²) < 4.78 is 65.6. The quantitative estimate of drug-likeness (QED) is 0.165. The molecule has 1 N–H and O–H groups in total. The van der Waals surface area contributed by atoms with Gasteiger partial charge in [0.25, 0.3) is 0 Å². The smallest absolute Gasteiger partial charge is 0.343 e. The first kappa shape index (κ1) is 18.5. The van der Waals surface area contributed by atoms with Crippen LogP contribution in [0.1, 0.15) is 12.5 Å². The van der Waals surface area contributed by atoms with Crippen LogP contribution >= 0.6 is 11.7 Å². The molecular formula is C14H9F4N3O3S. The summed E-state index contributed by atoms with van der Waals surface area (Å²) in [7, 11) is 0. The van der Waals surface area contributed by atoms with E-state index in [9.17, 15) is 27.5 Å². The van der Waals surface area contributed by atoms with Gasteiger partial charge in [0.05, 0.1) is 30.1 Å². The molecule has 25 heavy (non-hydrogen) atoms. The third-order valence-corrected chi connectivity index (χ3v) is 3.25. The van der Waals surface area contributed by atoms with E-state index in [0.717, 1.165) is 17.9 Å². The molecule has 0 fully saturated rings. The number of esters is 1. The van der Waals surface area contributed by atoms with Crippen molar-refractivity contribution in [3.05, 3.63) is 46.7 Å². The molecule has 0 aliphatic carbocycles. The molecule has 11 heteroatoms. The van der Waals surface area contributed by atoms with E-state index in [0.29, 0.717) is 0 Å². The molecule has 0 unspecified atom stereocenters. The van der Waals surface area contributed by atoms with E-state index in [-0.39, 0.29) is 18.5 Å². The highest BCUT2D eigenvalue weighted by Crippen LogP contribution is 2.25. The number of nitrogens with zero attached hydrogens (tertiary/aromatic N) is 3. The van der Waals surface area contributed by atoms with Gasteiger partial charge in [0.15, 0.2) is 29.1 Å². The Morgan fingerprint density at radius 1 is 1.32 bits per heavy atom. The summed E-state index contributed by atoms with van der Waals surface area (Å²) in [4.78, 5) is 15.6. The fourth-order valence-corrected chi connectivity index (χ4v) is 2.02. The molecule has 0 radical (unpaired) electrons. The standard InChI is InChI=1S/C14H9F4N3O3S/c1-2-24-14(23)7(4-19-9-5-20-25-21-9)13(22)6-3-8(15)11(17)12(18)10(6)16/h3-5,22H,2H2,1H3/b13-7+,19-4?. The summed E-state index contributed by atoms with van der Waals surface area (Å²) in [5.41, 5.74) is -1.78. The fourth-order valence-electron chi connectivity index (χ4n) is 1.66. The number of rotatable bonds is 5. The number of aliphatic hydroxyl groups is 1. The first-order valence-corrected chi connectivity index (χ1v) is 7.35. The number of aliphatic hydroxyl groups excluding tert-OH is 1. The molecule has 0 atom stereocenters. The average molecular weight is 375 g/mol. The van der Waals surface area contributed by atoms with Crippen LogP contribution in [0.4, 0.5) is 23.4 Å². The first-order valence-electron chi connectivity index (χ1n) is 6.62. The molecule has 6 nitrogen and oxygen atoms in total. The molecule has 0 aliphatic rings. The van der Waals surface area contributed by atoms with E-state index in [1.807, 2.05) is 0 Å². The summed E-state index contributed by atoms with van der Waals surface area (Å²) in [5.74, 6) is -10.1. The zero-order valence-electron chi connectivity index (χ0n) is 12.5. The summed E-state index contributed by atoms with van der Waals surface area (Å²) in [6, 6.07) is 0.209. The Hall–Kier alpha value is -2.82. The van der Waals surface area contributed by atoms with Crippen molar-refractivity contribution in [3.8, 4) is 0 Å². The maximum absolute atomic E-state index is 13.8. The Bertz CT molecular complexity index is 854. The van der Waals surface area contributed by atoms with Crippen molar-refractivity contribution in [2.24, 2.45) is 4.99 Å². The molecule has 0 spiro atoms. The molecule has 0 saturated carbocycles. The number of aromatic nitrogens is 2. The van der Waals surface area contributed by atoms with Crippen LogP contribution in [0, 0.1) is 23.3 Å². The van der Waals surface area contributed by atoms with Crippen molar-refractivity contribution < 1.29 is 32.2 Å². The van der Waals surface area contributed by atoms with Crippen LogP contribution in [-0.2, 0) is 9.53 Å². The van der Waals surface area contributed by atoms with Crippen molar-refractivity contribution >= 4 is 35.5 Å². The van der Waals surface area contributed by atoms with Crippen molar-refractivity contribution in [1.82, 2.24) is 8.75 Å². The third-order valence-electron chi connectivity index (χ3n) is 2.78. The van der Waals surface area contributed by atoms with Gasteiger partial charge in [-0.05, 0) is 13.0 Å². The van der Waals surface area contributed by atoms with Crippen LogP contribution in [0.25, 0.3) is 5.76 Å². The lowest BCUT2D eigenvalue weighted by Crippen LogP contribution is -2.12. The van der Waals surface area contributed by atoms with Crippen molar-refractivity contribution in [2.45, 2.75) is 6.92 Å². The van der Waals surface area contributed by atoms with Crippen LogP contribution in [0.3, 0.4) is 0 Å². The van der Waals surface area contributed by atoms with Crippen LogP contribution in [0.15, 0.2) is 22.8 Å². The Balaban J connectivity index is 2.59. The lowest BCUT2D eigenvalue weighted by molar-refractivity contribution is -0.137. The maximum atomic E-state index is 13.8. The highest BCUT2D eigenvalue weighted by Gasteiger charge is 2.25. The molecule has 0 amide bonds. The van der Waals surface area contributed by atoms with Gasteiger partial charge in [-0.1, -0.05) is 0 Å². The maximum Gasteiger partial charge on any atom is 0.343 e. The summed E-state index contributed by atoms with van der Waals surface area (Å²) >= 11 is 0.813. The molecule has 0 aliphatic heterocycles. The van der Waals surface area contributed by atoms with Crippen LogP contribution in [-0.4, -0.2) is 32.6 Å². The Morgan fingerprint density at radius 2 is 2.04 bits per heavy atom. The van der Waals surface area contributed by atoms with Crippen molar-refractivity contribution in [2.75, 3.05) is 6.61 Å². The lowest BCUT2D eigenvalue weighted by atomic mass is 10.1. The number of halogens is 4. The zero-order chi connectivity index (χ0) is 18.6. The van der Waals surface area contributed by atoms with Gasteiger partial charge in [0.2, 0.25) is 0 Å². The Labute approximate surface area is 142 Å². The molecular weight excluding hydrogens is 366 g/mol. The van der Waals surface area contributed by atoms with Crippen molar-refractivity contribution in [1.29, 1.82) is 0 Å². The summed E-state index contributed by atoms with van der Waals surface area (Å²) in [6.07, 6.45) is 2.00. The second kappa shape index (κ2) is 7.83. The minimum Gasteiger partial charge on any atom is -0.506 e. The molecule has 0 saturated heterocycles. The monoisotopic (exact) mass is 375 g/mol. The SMILES string of the molecule is CCOC(=O)/C(C=Nc1cnsn1)=C(/O)c1cc(F)c(F)c(F)c1F. The second-order valence-corrected chi connectivity index (χ2v) is 4.91. The number of ether oxygens (including phenoxy) is 1. The Morgan fingerprint density at radius 3 is 2.64 bits per heavy atom. The van der Waals surface area contributed by atoms with Gasteiger partial charge in [-0.15, -0.1) is 0 Å². The van der Waals surface area contributed by atoms with E-state index in [1.165, 1.54) is 13.1 Å². The number of hydrogen-bond donors (Lipinski definition) is 1. The zero-order valence-corrected chi connectivity index (χ0v) is 13.3. The predicted octanol–water partition coefficient (Wildman–Crippen LogP) is 3.33. The van der Waals surface area contributed by atoms with E-state index >= 15 is 0 Å². The first-order chi connectivity index (χ1) is 11.9. The number of carbonyl (C=O) groups is 1. The van der Waals surface area contributed by atoms with Gasteiger partial charge in [-0.3, -0.25) is 0 Å². The highest BCUT2D eigenvalue weighted by atomic mass is 32.1. The van der Waals surface area contributed by atoms with Crippen LogP contribution in [0.5, 0.6) is 0 Å². The number of hydrogen-bond acceptors (Lipinski definition) is 7. The van der Waals surface area contributed by atoms with Gasteiger partial charge >= 0.3 is 5.97 Å². The predicted molar refractivity (Wildman–Crippen MR) is 80.5 cm³/mol. The molecule has 1 aromatic heterocycles. The molecule has 1 aromatic carbocycles. The van der Waals surface area contributed by atoms with Gasteiger partial charge in [-0.2, -0.15) is 8.75 Å². The van der Waals surface area contributed by atoms with Crippen LogP contribution < -0.4 is 0 Å². The number of benzene rings is 1. The summed E-state index contributed by atoms with van der Waals surface area (Å²) in [5, 5.41) is 10.1.